The topological polar surface area (TPSA) is 54.8 Å². The van der Waals surface area contributed by atoms with Gasteiger partial charge in [-0.3, -0.25) is 19.9 Å². The van der Waals surface area contributed by atoms with Crippen molar-refractivity contribution in [1.82, 2.24) is 19.9 Å². The van der Waals surface area contributed by atoms with Crippen molar-refractivity contribution in [3.63, 3.8) is 0 Å². The minimum Gasteiger partial charge on any atom is -0.310 e. The smallest absolute Gasteiger partial charge is 0.0965 e. The molecule has 5 nitrogen and oxygen atoms in total. The first-order chi connectivity index (χ1) is 28.2. The van der Waals surface area contributed by atoms with Crippen LogP contribution in [0.2, 0.25) is 0 Å². The van der Waals surface area contributed by atoms with Crippen molar-refractivity contribution < 1.29 is 0 Å². The van der Waals surface area contributed by atoms with Crippen LogP contribution in [0, 0.1) is 0 Å². The predicted octanol–water partition coefficient (Wildman–Crippen LogP) is 13.5. The summed E-state index contributed by atoms with van der Waals surface area (Å²) in [5.74, 6) is 0. The predicted molar refractivity (Wildman–Crippen MR) is 236 cm³/mol. The Morgan fingerprint density at radius 1 is 0.298 bits per heavy atom. The summed E-state index contributed by atoms with van der Waals surface area (Å²) in [5, 5.41) is 7.37. The zero-order chi connectivity index (χ0) is 37.7. The van der Waals surface area contributed by atoms with E-state index in [0.717, 1.165) is 61.4 Å². The van der Waals surface area contributed by atoms with Crippen LogP contribution in [-0.4, -0.2) is 19.9 Å². The van der Waals surface area contributed by atoms with Gasteiger partial charge in [0.15, 0.2) is 0 Å². The molecule has 0 amide bonds. The van der Waals surface area contributed by atoms with Gasteiger partial charge in [-0.25, -0.2) is 0 Å². The zero-order valence-electron chi connectivity index (χ0n) is 30.8. The van der Waals surface area contributed by atoms with Gasteiger partial charge in [-0.2, -0.15) is 0 Å². The Labute approximate surface area is 329 Å². The standard InChI is InChI=1S/C52H33N5/c1-2-6-37-31-38(12-11-34(37)5-1)39-19-25-45-40(32-39)13-14-41-33-44(24-26-46(41)45)57(42-20-15-35(16-21-42)47-7-3-9-49-51(47)55-29-27-53-49)43-22-17-36(18-23-43)48-8-4-10-50-52(48)56-30-28-54-50/h1-33H. The lowest BCUT2D eigenvalue weighted by molar-refractivity contribution is 1.28. The van der Waals surface area contributed by atoms with Crippen LogP contribution >= 0.6 is 0 Å². The molecule has 0 bridgehead atoms. The fraction of sp³-hybridized carbons (Fsp3) is 0. The number of nitrogens with zero attached hydrogens (tertiary/aromatic N) is 5. The van der Waals surface area contributed by atoms with Crippen LogP contribution in [-0.2, 0) is 0 Å². The molecule has 0 saturated heterocycles. The molecule has 0 unspecified atom stereocenters. The van der Waals surface area contributed by atoms with Gasteiger partial charge in [-0.05, 0) is 115 Å². The molecule has 57 heavy (non-hydrogen) atoms. The van der Waals surface area contributed by atoms with Crippen molar-refractivity contribution in [3.8, 4) is 33.4 Å². The second-order valence-corrected chi connectivity index (χ2v) is 14.4. The largest absolute Gasteiger partial charge is 0.310 e. The summed E-state index contributed by atoms with van der Waals surface area (Å²) < 4.78 is 0. The minimum atomic E-state index is 0.881. The maximum absolute atomic E-state index is 4.66. The summed E-state index contributed by atoms with van der Waals surface area (Å²) in [5.41, 5.74) is 13.5. The molecule has 5 heteroatoms. The number of hydrogen-bond donors (Lipinski definition) is 0. The van der Waals surface area contributed by atoms with E-state index in [-0.39, 0.29) is 0 Å². The van der Waals surface area contributed by atoms with Crippen LogP contribution < -0.4 is 4.90 Å². The van der Waals surface area contributed by atoms with Crippen molar-refractivity contribution in [1.29, 1.82) is 0 Å². The zero-order valence-corrected chi connectivity index (χ0v) is 30.8. The van der Waals surface area contributed by atoms with E-state index < -0.39 is 0 Å². The number of para-hydroxylation sites is 2. The van der Waals surface area contributed by atoms with Gasteiger partial charge in [0.1, 0.15) is 0 Å². The molecule has 0 aliphatic rings. The average molecular weight is 728 g/mol. The number of anilines is 3. The third-order valence-electron chi connectivity index (χ3n) is 11.0. The van der Waals surface area contributed by atoms with Gasteiger partial charge < -0.3 is 4.90 Å². The molecule has 2 heterocycles. The third kappa shape index (κ3) is 5.81. The van der Waals surface area contributed by atoms with Gasteiger partial charge in [0, 0.05) is 53.0 Å². The summed E-state index contributed by atoms with van der Waals surface area (Å²) in [7, 11) is 0. The van der Waals surface area contributed by atoms with Crippen LogP contribution in [0.4, 0.5) is 17.1 Å². The number of rotatable bonds is 6. The molecule has 0 saturated carbocycles. The maximum Gasteiger partial charge on any atom is 0.0965 e. The van der Waals surface area contributed by atoms with Crippen LogP contribution in [0.1, 0.15) is 0 Å². The van der Waals surface area contributed by atoms with Gasteiger partial charge in [0.05, 0.1) is 22.1 Å². The molecule has 9 aromatic carbocycles. The monoisotopic (exact) mass is 727 g/mol. The van der Waals surface area contributed by atoms with Gasteiger partial charge in [-0.1, -0.05) is 115 Å². The van der Waals surface area contributed by atoms with Crippen LogP contribution in [0.15, 0.2) is 201 Å². The first kappa shape index (κ1) is 32.7. The molecule has 0 atom stereocenters. The molecular weight excluding hydrogens is 695 g/mol. The average Bonchev–Trinajstić information content (AvgIpc) is 3.29. The molecule has 2 aromatic heterocycles. The minimum absolute atomic E-state index is 0.881. The van der Waals surface area contributed by atoms with E-state index >= 15 is 0 Å². The molecule has 11 aromatic rings. The first-order valence-electron chi connectivity index (χ1n) is 19.1. The molecule has 0 spiro atoms. The van der Waals surface area contributed by atoms with E-state index in [4.69, 9.17) is 0 Å². The van der Waals surface area contributed by atoms with Gasteiger partial charge >= 0.3 is 0 Å². The number of benzene rings is 9. The molecule has 0 fully saturated rings. The van der Waals surface area contributed by atoms with Gasteiger partial charge in [-0.15, -0.1) is 0 Å². The van der Waals surface area contributed by atoms with Crippen molar-refractivity contribution in [3.05, 3.63) is 201 Å². The van der Waals surface area contributed by atoms with Crippen LogP contribution in [0.5, 0.6) is 0 Å². The van der Waals surface area contributed by atoms with E-state index in [0.29, 0.717) is 0 Å². The van der Waals surface area contributed by atoms with E-state index in [1.54, 1.807) is 24.8 Å². The second-order valence-electron chi connectivity index (χ2n) is 14.4. The SMILES string of the molecule is c1ccc2cc(-c3ccc4c(ccc5cc(N(c6ccc(-c7cccc8nccnc78)cc6)c6ccc(-c7cccc8nccnc78)cc6)ccc54)c3)ccc2c1. The van der Waals surface area contributed by atoms with Crippen LogP contribution in [0.3, 0.4) is 0 Å². The number of aromatic nitrogens is 4. The summed E-state index contributed by atoms with van der Waals surface area (Å²) >= 11 is 0. The molecule has 0 radical (unpaired) electrons. The summed E-state index contributed by atoms with van der Waals surface area (Å²) in [4.78, 5) is 20.7. The fourth-order valence-corrected chi connectivity index (χ4v) is 8.22. The second kappa shape index (κ2) is 13.5. The maximum atomic E-state index is 4.66. The van der Waals surface area contributed by atoms with Crippen molar-refractivity contribution in [2.24, 2.45) is 0 Å². The Balaban J connectivity index is 1.00. The van der Waals surface area contributed by atoms with Crippen molar-refractivity contribution >= 4 is 71.4 Å². The fourth-order valence-electron chi connectivity index (χ4n) is 8.22. The van der Waals surface area contributed by atoms with Crippen LogP contribution in [0.25, 0.3) is 87.8 Å². The molecule has 0 N–H and O–H groups in total. The van der Waals surface area contributed by atoms with E-state index in [1.165, 1.54) is 43.4 Å². The van der Waals surface area contributed by atoms with E-state index in [2.05, 4.69) is 176 Å². The Bertz CT molecular complexity index is 3170. The molecule has 0 aliphatic carbocycles. The third-order valence-corrected chi connectivity index (χ3v) is 11.0. The highest BCUT2D eigenvalue weighted by Crippen LogP contribution is 2.40. The first-order valence-corrected chi connectivity index (χ1v) is 19.1. The molecular formula is C52H33N5. The summed E-state index contributed by atoms with van der Waals surface area (Å²) in [6, 6.07) is 63.2. The van der Waals surface area contributed by atoms with Crippen molar-refractivity contribution in [2.75, 3.05) is 4.90 Å². The highest BCUT2D eigenvalue weighted by Gasteiger charge is 2.16. The quantitative estimate of drug-likeness (QED) is 0.160. The lowest BCUT2D eigenvalue weighted by atomic mass is 9.96. The molecule has 0 aliphatic heterocycles. The van der Waals surface area contributed by atoms with Gasteiger partial charge in [0.2, 0.25) is 0 Å². The molecule has 266 valence electrons. The van der Waals surface area contributed by atoms with Crippen molar-refractivity contribution in [2.45, 2.75) is 0 Å². The Hall–Kier alpha value is -7.76. The van der Waals surface area contributed by atoms with E-state index in [1.807, 2.05) is 24.3 Å². The summed E-state index contributed by atoms with van der Waals surface area (Å²) in [6.07, 6.45) is 6.98. The Kier molecular flexibility index (Phi) is 7.74. The highest BCUT2D eigenvalue weighted by atomic mass is 15.1. The lowest BCUT2D eigenvalue weighted by Gasteiger charge is -2.26. The van der Waals surface area contributed by atoms with E-state index in [9.17, 15) is 0 Å². The lowest BCUT2D eigenvalue weighted by Crippen LogP contribution is -2.10. The molecule has 11 rings (SSSR count). The summed E-state index contributed by atoms with van der Waals surface area (Å²) in [6.45, 7) is 0. The Morgan fingerprint density at radius 2 is 0.754 bits per heavy atom. The highest BCUT2D eigenvalue weighted by molar-refractivity contribution is 6.10. The number of fused-ring (bicyclic) bond motifs is 6. The van der Waals surface area contributed by atoms with Gasteiger partial charge in [0.25, 0.3) is 0 Å². The Morgan fingerprint density at radius 3 is 1.37 bits per heavy atom. The normalized spacial score (nSPS) is 11.5. The number of hydrogen-bond acceptors (Lipinski definition) is 5.